The van der Waals surface area contributed by atoms with Crippen molar-refractivity contribution >= 4 is 15.9 Å². The van der Waals surface area contributed by atoms with Crippen molar-refractivity contribution in [3.05, 3.63) is 23.9 Å². The Labute approximate surface area is 81.1 Å². The van der Waals surface area contributed by atoms with E-state index in [1.807, 2.05) is 18.3 Å². The molecule has 0 saturated carbocycles. The standard InChI is InChI=1S/C9H12BrNO/c1-7(5-10)8-3-4-9(12-2)11-6-8/h3-4,6-7H,5H2,1-2H3. The zero-order valence-corrected chi connectivity index (χ0v) is 8.84. The van der Waals surface area contributed by atoms with Crippen LogP contribution in [0.1, 0.15) is 18.4 Å². The zero-order chi connectivity index (χ0) is 8.97. The van der Waals surface area contributed by atoms with Crippen molar-refractivity contribution in [3.8, 4) is 5.88 Å². The van der Waals surface area contributed by atoms with Crippen molar-refractivity contribution in [2.24, 2.45) is 0 Å². The van der Waals surface area contributed by atoms with Gasteiger partial charge in [-0.15, -0.1) is 0 Å². The van der Waals surface area contributed by atoms with Crippen LogP contribution in [0.3, 0.4) is 0 Å². The summed E-state index contributed by atoms with van der Waals surface area (Å²) in [6, 6.07) is 3.92. The molecule has 1 aromatic heterocycles. The van der Waals surface area contributed by atoms with Crippen LogP contribution in [0.15, 0.2) is 18.3 Å². The Balaban J connectivity index is 2.77. The predicted octanol–water partition coefficient (Wildman–Crippen LogP) is 2.59. The van der Waals surface area contributed by atoms with Gasteiger partial charge in [0.25, 0.3) is 0 Å². The van der Waals surface area contributed by atoms with E-state index in [-0.39, 0.29) is 0 Å². The third kappa shape index (κ3) is 2.21. The van der Waals surface area contributed by atoms with Gasteiger partial charge in [0.15, 0.2) is 0 Å². The monoisotopic (exact) mass is 229 g/mol. The molecule has 0 fully saturated rings. The maximum Gasteiger partial charge on any atom is 0.212 e. The van der Waals surface area contributed by atoms with E-state index in [4.69, 9.17) is 4.74 Å². The lowest BCUT2D eigenvalue weighted by Gasteiger charge is -2.07. The highest BCUT2D eigenvalue weighted by Crippen LogP contribution is 2.17. The number of aromatic nitrogens is 1. The molecular weight excluding hydrogens is 218 g/mol. The molecule has 2 nitrogen and oxygen atoms in total. The van der Waals surface area contributed by atoms with E-state index in [0.717, 1.165) is 5.33 Å². The number of ether oxygens (including phenoxy) is 1. The molecule has 1 unspecified atom stereocenters. The van der Waals surface area contributed by atoms with Crippen LogP contribution in [-0.2, 0) is 0 Å². The van der Waals surface area contributed by atoms with Gasteiger partial charge in [-0.05, 0) is 11.5 Å². The molecule has 3 heteroatoms. The quantitative estimate of drug-likeness (QED) is 0.744. The molecule has 0 amide bonds. The SMILES string of the molecule is COc1ccc(C(C)CBr)cn1. The maximum absolute atomic E-state index is 4.96. The number of hydrogen-bond donors (Lipinski definition) is 0. The molecule has 0 aromatic carbocycles. The molecule has 12 heavy (non-hydrogen) atoms. The summed E-state index contributed by atoms with van der Waals surface area (Å²) in [6.07, 6.45) is 1.85. The predicted molar refractivity (Wildman–Crippen MR) is 53.0 cm³/mol. The van der Waals surface area contributed by atoms with E-state index < -0.39 is 0 Å². The van der Waals surface area contributed by atoms with Gasteiger partial charge in [-0.25, -0.2) is 4.98 Å². The summed E-state index contributed by atoms with van der Waals surface area (Å²) in [5, 5.41) is 0.959. The molecule has 1 atom stereocenters. The highest BCUT2D eigenvalue weighted by Gasteiger charge is 2.03. The van der Waals surface area contributed by atoms with Gasteiger partial charge < -0.3 is 4.74 Å². The molecule has 66 valence electrons. The lowest BCUT2D eigenvalue weighted by Crippen LogP contribution is -1.95. The molecule has 0 spiro atoms. The Bertz CT molecular complexity index is 235. The maximum atomic E-state index is 4.96. The number of methoxy groups -OCH3 is 1. The van der Waals surface area contributed by atoms with Gasteiger partial charge in [-0.3, -0.25) is 0 Å². The van der Waals surface area contributed by atoms with Crippen LogP contribution in [0.4, 0.5) is 0 Å². The summed E-state index contributed by atoms with van der Waals surface area (Å²) >= 11 is 3.43. The van der Waals surface area contributed by atoms with Crippen molar-refractivity contribution in [1.29, 1.82) is 0 Å². The second-order valence-electron chi connectivity index (χ2n) is 2.69. The van der Waals surface area contributed by atoms with E-state index in [0.29, 0.717) is 11.8 Å². The smallest absolute Gasteiger partial charge is 0.212 e. The first-order valence-corrected chi connectivity index (χ1v) is 4.96. The molecule has 0 radical (unpaired) electrons. The lowest BCUT2D eigenvalue weighted by molar-refractivity contribution is 0.397. The average molecular weight is 230 g/mol. The van der Waals surface area contributed by atoms with Crippen LogP contribution in [0.25, 0.3) is 0 Å². The summed E-state index contributed by atoms with van der Waals surface area (Å²) in [6.45, 7) is 2.15. The molecule has 0 aliphatic rings. The molecular formula is C9H12BrNO. The van der Waals surface area contributed by atoms with Gasteiger partial charge in [-0.1, -0.05) is 28.9 Å². The highest BCUT2D eigenvalue weighted by atomic mass is 79.9. The van der Waals surface area contributed by atoms with Crippen molar-refractivity contribution in [2.45, 2.75) is 12.8 Å². The fourth-order valence-corrected chi connectivity index (χ4v) is 1.27. The van der Waals surface area contributed by atoms with Gasteiger partial charge >= 0.3 is 0 Å². The minimum atomic E-state index is 0.503. The van der Waals surface area contributed by atoms with Crippen molar-refractivity contribution in [1.82, 2.24) is 4.98 Å². The van der Waals surface area contributed by atoms with E-state index in [1.54, 1.807) is 7.11 Å². The van der Waals surface area contributed by atoms with Crippen molar-refractivity contribution in [2.75, 3.05) is 12.4 Å². The summed E-state index contributed by atoms with van der Waals surface area (Å²) < 4.78 is 4.96. The fraction of sp³-hybridized carbons (Fsp3) is 0.444. The largest absolute Gasteiger partial charge is 0.481 e. The van der Waals surface area contributed by atoms with Crippen LogP contribution >= 0.6 is 15.9 Å². The molecule has 0 bridgehead atoms. The number of alkyl halides is 1. The first-order valence-electron chi connectivity index (χ1n) is 3.84. The molecule has 0 saturated heterocycles. The van der Waals surface area contributed by atoms with E-state index >= 15 is 0 Å². The third-order valence-corrected chi connectivity index (χ3v) is 2.74. The molecule has 1 aromatic rings. The number of hydrogen-bond acceptors (Lipinski definition) is 2. The van der Waals surface area contributed by atoms with Gasteiger partial charge in [0.2, 0.25) is 5.88 Å². The number of nitrogens with zero attached hydrogens (tertiary/aromatic N) is 1. The Hall–Kier alpha value is -0.570. The minimum absolute atomic E-state index is 0.503. The van der Waals surface area contributed by atoms with Gasteiger partial charge in [0, 0.05) is 17.6 Å². The number of pyridine rings is 1. The molecule has 0 aliphatic heterocycles. The second-order valence-corrected chi connectivity index (χ2v) is 3.34. The number of rotatable bonds is 3. The molecule has 1 rings (SSSR count). The first kappa shape index (κ1) is 9.52. The molecule has 0 N–H and O–H groups in total. The minimum Gasteiger partial charge on any atom is -0.481 e. The van der Waals surface area contributed by atoms with Gasteiger partial charge in [0.1, 0.15) is 0 Å². The zero-order valence-electron chi connectivity index (χ0n) is 7.25. The fourth-order valence-electron chi connectivity index (χ4n) is 0.893. The van der Waals surface area contributed by atoms with E-state index in [1.165, 1.54) is 5.56 Å². The normalized spacial score (nSPS) is 12.6. The Morgan fingerprint density at radius 3 is 2.75 bits per heavy atom. The van der Waals surface area contributed by atoms with Crippen LogP contribution < -0.4 is 4.74 Å². The Kier molecular flexibility index (Phi) is 3.53. The Morgan fingerprint density at radius 1 is 1.58 bits per heavy atom. The number of halogens is 1. The summed E-state index contributed by atoms with van der Waals surface area (Å²) in [5.41, 5.74) is 1.23. The topological polar surface area (TPSA) is 22.1 Å². The first-order chi connectivity index (χ1) is 5.77. The Morgan fingerprint density at radius 2 is 2.33 bits per heavy atom. The summed E-state index contributed by atoms with van der Waals surface area (Å²) in [4.78, 5) is 4.12. The van der Waals surface area contributed by atoms with Gasteiger partial charge in [0.05, 0.1) is 7.11 Å². The highest BCUT2D eigenvalue weighted by molar-refractivity contribution is 9.09. The van der Waals surface area contributed by atoms with Crippen LogP contribution in [-0.4, -0.2) is 17.4 Å². The summed E-state index contributed by atoms with van der Waals surface area (Å²) in [7, 11) is 1.62. The van der Waals surface area contributed by atoms with Crippen molar-refractivity contribution < 1.29 is 4.74 Å². The van der Waals surface area contributed by atoms with Gasteiger partial charge in [-0.2, -0.15) is 0 Å². The van der Waals surface area contributed by atoms with E-state index in [9.17, 15) is 0 Å². The van der Waals surface area contributed by atoms with E-state index in [2.05, 4.69) is 27.8 Å². The third-order valence-electron chi connectivity index (χ3n) is 1.77. The molecule has 1 heterocycles. The van der Waals surface area contributed by atoms with Crippen molar-refractivity contribution in [3.63, 3.8) is 0 Å². The van der Waals surface area contributed by atoms with Crippen LogP contribution in [0, 0.1) is 0 Å². The summed E-state index contributed by atoms with van der Waals surface area (Å²) in [5.74, 6) is 1.17. The second kappa shape index (κ2) is 4.45. The molecule has 0 aliphatic carbocycles. The van der Waals surface area contributed by atoms with Crippen LogP contribution in [0.2, 0.25) is 0 Å². The lowest BCUT2D eigenvalue weighted by atomic mass is 10.1. The average Bonchev–Trinajstić information content (AvgIpc) is 2.17. The van der Waals surface area contributed by atoms with Crippen LogP contribution in [0.5, 0.6) is 5.88 Å².